The van der Waals surface area contributed by atoms with Crippen molar-refractivity contribution in [2.75, 3.05) is 52.3 Å². The molecule has 0 heterocycles. The van der Waals surface area contributed by atoms with Crippen LogP contribution in [0.1, 0.15) is 0 Å². The molecule has 0 unspecified atom stereocenters. The summed E-state index contributed by atoms with van der Waals surface area (Å²) in [6, 6.07) is 0. The van der Waals surface area contributed by atoms with Gasteiger partial charge < -0.3 is 11.0 Å². The first kappa shape index (κ1) is 18.5. The lowest BCUT2D eigenvalue weighted by Gasteiger charge is -2.15. The summed E-state index contributed by atoms with van der Waals surface area (Å²) >= 11 is 0. The maximum Gasteiger partial charge on any atom is 0.0920 e. The molecule has 2 nitrogen and oxygen atoms in total. The Labute approximate surface area is 78.4 Å². The fourth-order valence-corrected chi connectivity index (χ4v) is 5.40. The highest BCUT2D eigenvalue weighted by Gasteiger charge is 2.25. The van der Waals surface area contributed by atoms with E-state index in [1.165, 1.54) is 12.3 Å². The lowest BCUT2D eigenvalue weighted by atomic mass is 11.0. The van der Waals surface area contributed by atoms with E-state index in [2.05, 4.69) is 40.0 Å². The van der Waals surface area contributed by atoms with Gasteiger partial charge in [-0.05, 0) is 0 Å². The zero-order valence-corrected chi connectivity index (χ0v) is 11.0. The highest BCUT2D eigenvalue weighted by Crippen LogP contribution is 2.54. The molecular weight excluding hydrogens is 190 g/mol. The molecule has 0 radical (unpaired) electrons. The first-order valence-electron chi connectivity index (χ1n) is 3.82. The van der Waals surface area contributed by atoms with Gasteiger partial charge in [-0.1, -0.05) is 0 Å². The summed E-state index contributed by atoms with van der Waals surface area (Å²) in [4.78, 5) is 0. The Kier molecular flexibility index (Phi) is 9.68. The molecule has 0 aromatic heterocycles. The second-order valence-electron chi connectivity index (χ2n) is 5.03. The summed E-state index contributed by atoms with van der Waals surface area (Å²) in [6.07, 6.45) is 2.98. The van der Waals surface area contributed by atoms with Crippen LogP contribution in [0, 0.1) is 0 Å². The zero-order valence-electron chi connectivity index (χ0n) is 9.20. The van der Waals surface area contributed by atoms with E-state index in [1.807, 2.05) is 0 Å². The van der Waals surface area contributed by atoms with E-state index in [9.17, 15) is 0 Å². The van der Waals surface area contributed by atoms with E-state index in [4.69, 9.17) is 0 Å². The molecule has 12 heavy (non-hydrogen) atoms. The Morgan fingerprint density at radius 1 is 0.583 bits per heavy atom. The molecule has 2 N–H and O–H groups in total. The van der Waals surface area contributed by atoms with Gasteiger partial charge in [0.2, 0.25) is 0 Å². The van der Waals surface area contributed by atoms with Crippen molar-refractivity contribution in [2.45, 2.75) is 0 Å². The van der Waals surface area contributed by atoms with Gasteiger partial charge >= 0.3 is 0 Å². The van der Waals surface area contributed by atoms with Crippen molar-refractivity contribution in [3.05, 3.63) is 0 Å². The number of rotatable bonds is 3. The SMILES string of the molecule is C[P+](C)(C)CC[P+](C)(C)C.[OH-].[OH-]. The van der Waals surface area contributed by atoms with Crippen LogP contribution in [0.3, 0.4) is 0 Å². The van der Waals surface area contributed by atoms with Crippen molar-refractivity contribution in [3.8, 4) is 0 Å². The topological polar surface area (TPSA) is 60.0 Å². The maximum absolute atomic E-state index is 2.43. The van der Waals surface area contributed by atoms with Crippen molar-refractivity contribution >= 4 is 14.5 Å². The summed E-state index contributed by atoms with van der Waals surface area (Å²) in [5, 5.41) is 0. The fourth-order valence-electron chi connectivity index (χ4n) is 0.600. The molecule has 0 bridgehead atoms. The lowest BCUT2D eigenvalue weighted by Crippen LogP contribution is -2.02. The molecule has 0 fully saturated rings. The predicted molar refractivity (Wildman–Crippen MR) is 63.0 cm³/mol. The number of hydrogen-bond acceptors (Lipinski definition) is 2. The van der Waals surface area contributed by atoms with E-state index in [0.29, 0.717) is 0 Å². The van der Waals surface area contributed by atoms with Gasteiger partial charge in [-0.15, -0.1) is 0 Å². The summed E-state index contributed by atoms with van der Waals surface area (Å²) < 4.78 is 0. The predicted octanol–water partition coefficient (Wildman–Crippen LogP) is 2.45. The van der Waals surface area contributed by atoms with Crippen LogP contribution < -0.4 is 0 Å². The quantitative estimate of drug-likeness (QED) is 0.677. The average Bonchev–Trinajstić information content (AvgIpc) is 1.57. The van der Waals surface area contributed by atoms with Crippen molar-refractivity contribution in [2.24, 2.45) is 0 Å². The van der Waals surface area contributed by atoms with Gasteiger partial charge in [0.05, 0.1) is 12.3 Å². The Balaban J connectivity index is -0.000000405. The Morgan fingerprint density at radius 3 is 0.833 bits per heavy atom. The Bertz CT molecular complexity index is 88.6. The van der Waals surface area contributed by atoms with Crippen LogP contribution in [-0.2, 0) is 0 Å². The van der Waals surface area contributed by atoms with Gasteiger partial charge in [-0.2, -0.15) is 0 Å². The second-order valence-corrected chi connectivity index (χ2v) is 15.1. The summed E-state index contributed by atoms with van der Waals surface area (Å²) in [5.41, 5.74) is 0. The Hall–Kier alpha value is 0.780. The van der Waals surface area contributed by atoms with Crippen LogP contribution in [0.25, 0.3) is 0 Å². The van der Waals surface area contributed by atoms with Gasteiger partial charge in [0.25, 0.3) is 0 Å². The third-order valence-electron chi connectivity index (χ3n) is 1.44. The first-order chi connectivity index (χ1) is 4.21. The molecule has 0 rings (SSSR count). The van der Waals surface area contributed by atoms with Crippen molar-refractivity contribution in [1.82, 2.24) is 0 Å². The minimum Gasteiger partial charge on any atom is -0.870 e. The van der Waals surface area contributed by atoms with Gasteiger partial charge in [0.15, 0.2) is 0 Å². The third kappa shape index (κ3) is 17.0. The molecule has 0 saturated carbocycles. The lowest BCUT2D eigenvalue weighted by molar-refractivity contribution is 0.823. The second kappa shape index (κ2) is 6.27. The standard InChI is InChI=1S/C8H22P2.2H2O/c1-9(2,3)7-8-10(4,5)6;;/h7-8H2,1-6H3;2*1H2/q+2;;/p-2. The molecule has 0 aliphatic carbocycles. The monoisotopic (exact) mass is 214 g/mol. The van der Waals surface area contributed by atoms with Gasteiger partial charge in [0.1, 0.15) is 0 Å². The normalized spacial score (nSPS) is 11.5. The molecule has 0 aliphatic rings. The summed E-state index contributed by atoms with van der Waals surface area (Å²) in [5.74, 6) is 0. The van der Waals surface area contributed by atoms with Crippen LogP contribution in [0.4, 0.5) is 0 Å². The van der Waals surface area contributed by atoms with Crippen LogP contribution in [-0.4, -0.2) is 63.3 Å². The molecule has 0 spiro atoms. The van der Waals surface area contributed by atoms with Crippen LogP contribution in [0.2, 0.25) is 0 Å². The highest BCUT2D eigenvalue weighted by atomic mass is 31.2. The van der Waals surface area contributed by atoms with Gasteiger partial charge in [0, 0.05) is 54.5 Å². The summed E-state index contributed by atoms with van der Waals surface area (Å²) in [6.45, 7) is 14.6. The van der Waals surface area contributed by atoms with Crippen LogP contribution in [0.15, 0.2) is 0 Å². The van der Waals surface area contributed by atoms with Crippen molar-refractivity contribution < 1.29 is 11.0 Å². The number of hydrogen-bond donors (Lipinski definition) is 0. The van der Waals surface area contributed by atoms with Crippen molar-refractivity contribution in [1.29, 1.82) is 0 Å². The minimum absolute atomic E-state index is 0. The molecule has 0 amide bonds. The van der Waals surface area contributed by atoms with E-state index in [-0.39, 0.29) is 11.0 Å². The Morgan fingerprint density at radius 2 is 0.750 bits per heavy atom. The molecule has 0 aromatic rings. The molecule has 0 aliphatic heterocycles. The van der Waals surface area contributed by atoms with E-state index in [1.54, 1.807) is 0 Å². The van der Waals surface area contributed by atoms with Crippen LogP contribution in [0.5, 0.6) is 0 Å². The van der Waals surface area contributed by atoms with E-state index in [0.717, 1.165) is 0 Å². The van der Waals surface area contributed by atoms with E-state index >= 15 is 0 Å². The van der Waals surface area contributed by atoms with Gasteiger partial charge in [-0.25, -0.2) is 0 Å². The van der Waals surface area contributed by atoms with E-state index < -0.39 is 14.5 Å². The molecular formula is C8H24O2P2. The van der Waals surface area contributed by atoms with Crippen LogP contribution >= 0.6 is 14.5 Å². The molecule has 0 aromatic carbocycles. The first-order valence-corrected chi connectivity index (χ1v) is 10.4. The third-order valence-corrected chi connectivity index (χ3v) is 4.92. The molecule has 4 heteroatoms. The average molecular weight is 214 g/mol. The smallest absolute Gasteiger partial charge is 0.0920 e. The zero-order chi connectivity index (χ0) is 8.41. The van der Waals surface area contributed by atoms with Crippen molar-refractivity contribution in [3.63, 3.8) is 0 Å². The molecule has 78 valence electrons. The maximum atomic E-state index is 2.43. The molecule has 0 atom stereocenters. The highest BCUT2D eigenvalue weighted by molar-refractivity contribution is 7.77. The minimum atomic E-state index is -0.484. The van der Waals surface area contributed by atoms with Gasteiger partial charge in [-0.3, -0.25) is 0 Å². The summed E-state index contributed by atoms with van der Waals surface area (Å²) in [7, 11) is -0.969. The largest absolute Gasteiger partial charge is 0.870 e. The fraction of sp³-hybridized carbons (Fsp3) is 1.00. The molecule has 0 saturated heterocycles.